The van der Waals surface area contributed by atoms with Crippen molar-refractivity contribution in [2.45, 2.75) is 0 Å². The molecule has 0 spiro atoms. The number of carbonyl (C=O) groups excluding carboxylic acids is 1. The molecule has 0 aliphatic heterocycles. The van der Waals surface area contributed by atoms with E-state index < -0.39 is 12.1 Å². The number of esters is 1. The van der Waals surface area contributed by atoms with E-state index in [9.17, 15) is 4.79 Å². The van der Waals surface area contributed by atoms with E-state index >= 15 is 0 Å². The minimum absolute atomic E-state index is 0.0465. The zero-order valence-corrected chi connectivity index (χ0v) is 7.23. The molecule has 0 aromatic carbocycles. The third-order valence-corrected chi connectivity index (χ3v) is 0.677. The van der Waals surface area contributed by atoms with Crippen LogP contribution in [0.5, 0.6) is 0 Å². The first-order valence-electron chi connectivity index (χ1n) is 3.25. The first-order valence-corrected chi connectivity index (χ1v) is 3.25. The van der Waals surface area contributed by atoms with Crippen LogP contribution in [0.3, 0.4) is 0 Å². The van der Waals surface area contributed by atoms with E-state index in [4.69, 9.17) is 15.0 Å². The van der Waals surface area contributed by atoms with Crippen molar-refractivity contribution in [2.24, 2.45) is 0 Å². The van der Waals surface area contributed by atoms with Gasteiger partial charge in [0.25, 0.3) is 0 Å². The lowest BCUT2D eigenvalue weighted by molar-refractivity contribution is -0.138. The Morgan fingerprint density at radius 3 is 2.23 bits per heavy atom. The monoisotopic (exact) mass is 192 g/mol. The van der Waals surface area contributed by atoms with Crippen molar-refractivity contribution in [2.75, 3.05) is 20.3 Å². The van der Waals surface area contributed by atoms with E-state index in [2.05, 4.69) is 16.1 Å². The summed E-state index contributed by atoms with van der Waals surface area (Å²) in [5, 5.41) is 15.6. The highest BCUT2D eigenvalue weighted by atomic mass is 16.6. The average molecular weight is 192 g/mol. The van der Waals surface area contributed by atoms with E-state index in [1.807, 2.05) is 0 Å². The molecule has 0 atom stereocenters. The number of hydrogen-bond acceptors (Lipinski definition) is 5. The molecule has 6 nitrogen and oxygen atoms in total. The molecular weight excluding hydrogens is 180 g/mol. The largest absolute Gasteiger partial charge is 0.505 e. The van der Waals surface area contributed by atoms with Gasteiger partial charge in [0.2, 0.25) is 0 Å². The van der Waals surface area contributed by atoms with Gasteiger partial charge in [-0.3, -0.25) is 0 Å². The van der Waals surface area contributed by atoms with E-state index in [0.717, 1.165) is 13.2 Å². The van der Waals surface area contributed by atoms with E-state index in [0.29, 0.717) is 0 Å². The van der Waals surface area contributed by atoms with Crippen molar-refractivity contribution in [1.82, 2.24) is 0 Å². The lowest BCUT2D eigenvalue weighted by atomic mass is 10.6. The van der Waals surface area contributed by atoms with Gasteiger partial charge in [-0.15, -0.1) is 0 Å². The van der Waals surface area contributed by atoms with Crippen LogP contribution in [-0.4, -0.2) is 42.7 Å². The summed E-state index contributed by atoms with van der Waals surface area (Å²) >= 11 is 0. The van der Waals surface area contributed by atoms with E-state index in [1.54, 1.807) is 0 Å². The maximum Gasteiger partial charge on any atom is 0.505 e. The number of carboxylic acid groups (broad SMARTS) is 1. The zero-order valence-electron chi connectivity index (χ0n) is 7.23. The third kappa shape index (κ3) is 17.9. The first kappa shape index (κ1) is 14.0. The molecule has 76 valence electrons. The molecule has 0 fully saturated rings. The SMILES string of the molecule is C=CC(=O)OCCO.COC(=O)O. The maximum absolute atomic E-state index is 10.1. The molecule has 6 heteroatoms. The lowest BCUT2D eigenvalue weighted by Gasteiger charge is -1.94. The smallest absolute Gasteiger partial charge is 0.460 e. The standard InChI is InChI=1S/C5H8O3.C2H4O3/c1-2-5(7)8-4-3-6;1-5-2(3)4/h2,6H,1,3-4H2;1H3,(H,3,4). The van der Waals surface area contributed by atoms with Gasteiger partial charge < -0.3 is 19.7 Å². The molecule has 13 heavy (non-hydrogen) atoms. The minimum Gasteiger partial charge on any atom is -0.460 e. The van der Waals surface area contributed by atoms with Crippen molar-refractivity contribution in [3.63, 3.8) is 0 Å². The Hall–Kier alpha value is -1.56. The molecule has 0 amide bonds. The highest BCUT2D eigenvalue weighted by Crippen LogP contribution is 1.75. The van der Waals surface area contributed by atoms with Crippen LogP contribution in [0.2, 0.25) is 0 Å². The van der Waals surface area contributed by atoms with Crippen molar-refractivity contribution >= 4 is 12.1 Å². The predicted octanol–water partition coefficient (Wildman–Crippen LogP) is 0.0187. The second-order valence-corrected chi connectivity index (χ2v) is 1.57. The summed E-state index contributed by atoms with van der Waals surface area (Å²) in [7, 11) is 1.10. The number of aliphatic hydroxyl groups excluding tert-OH is 1. The normalized spacial score (nSPS) is 7.54. The Morgan fingerprint density at radius 1 is 1.54 bits per heavy atom. The van der Waals surface area contributed by atoms with Gasteiger partial charge in [-0.1, -0.05) is 6.58 Å². The van der Waals surface area contributed by atoms with Crippen LogP contribution in [0.25, 0.3) is 0 Å². The second-order valence-electron chi connectivity index (χ2n) is 1.57. The van der Waals surface area contributed by atoms with Crippen LogP contribution in [0.1, 0.15) is 0 Å². The summed E-state index contributed by atoms with van der Waals surface area (Å²) in [5.74, 6) is -0.501. The molecule has 0 aliphatic carbocycles. The summed E-state index contributed by atoms with van der Waals surface area (Å²) in [6.07, 6.45) is -0.194. The van der Waals surface area contributed by atoms with E-state index in [1.165, 1.54) is 0 Å². The van der Waals surface area contributed by atoms with Gasteiger partial charge in [0.05, 0.1) is 13.7 Å². The van der Waals surface area contributed by atoms with Gasteiger partial charge in [0.15, 0.2) is 0 Å². The Labute approximate surface area is 75.4 Å². The molecule has 0 rings (SSSR count). The van der Waals surface area contributed by atoms with Gasteiger partial charge in [-0.2, -0.15) is 0 Å². The summed E-state index contributed by atoms with van der Waals surface area (Å²) in [5.41, 5.74) is 0. The number of carbonyl (C=O) groups is 2. The van der Waals surface area contributed by atoms with Crippen LogP contribution in [0, 0.1) is 0 Å². The molecule has 0 heterocycles. The van der Waals surface area contributed by atoms with Gasteiger partial charge in [-0.05, 0) is 0 Å². The number of hydrogen-bond donors (Lipinski definition) is 2. The molecule has 0 aliphatic rings. The highest BCUT2D eigenvalue weighted by molar-refractivity contribution is 5.81. The van der Waals surface area contributed by atoms with E-state index in [-0.39, 0.29) is 13.2 Å². The van der Waals surface area contributed by atoms with Crippen molar-refractivity contribution in [3.8, 4) is 0 Å². The maximum atomic E-state index is 10.1. The fourth-order valence-corrected chi connectivity index (χ4v) is 0.205. The highest BCUT2D eigenvalue weighted by Gasteiger charge is 1.90. The molecule has 2 N–H and O–H groups in total. The molecule has 0 bridgehead atoms. The Bertz CT molecular complexity index is 164. The van der Waals surface area contributed by atoms with Crippen LogP contribution in [0.4, 0.5) is 4.79 Å². The summed E-state index contributed by atoms with van der Waals surface area (Å²) in [6, 6.07) is 0. The van der Waals surface area contributed by atoms with Crippen LogP contribution >= 0.6 is 0 Å². The van der Waals surface area contributed by atoms with Crippen LogP contribution in [0.15, 0.2) is 12.7 Å². The molecule has 0 aromatic heterocycles. The van der Waals surface area contributed by atoms with Crippen molar-refractivity contribution < 1.29 is 29.3 Å². The summed E-state index contributed by atoms with van der Waals surface area (Å²) < 4.78 is 8.00. The van der Waals surface area contributed by atoms with Crippen molar-refractivity contribution in [1.29, 1.82) is 0 Å². The fourth-order valence-electron chi connectivity index (χ4n) is 0.205. The van der Waals surface area contributed by atoms with Gasteiger partial charge in [0, 0.05) is 6.08 Å². The summed E-state index contributed by atoms with van der Waals surface area (Å²) in [4.78, 5) is 19.3. The molecule has 0 unspecified atom stereocenters. The fraction of sp³-hybridized carbons (Fsp3) is 0.429. The van der Waals surface area contributed by atoms with Crippen molar-refractivity contribution in [3.05, 3.63) is 12.7 Å². The third-order valence-electron chi connectivity index (χ3n) is 0.677. The van der Waals surface area contributed by atoms with Gasteiger partial charge >= 0.3 is 12.1 Å². The number of methoxy groups -OCH3 is 1. The second kappa shape index (κ2) is 10.4. The Kier molecular flexibility index (Phi) is 11.2. The Morgan fingerprint density at radius 2 is 2.00 bits per heavy atom. The quantitative estimate of drug-likeness (QED) is 0.483. The molecule has 0 saturated heterocycles. The first-order chi connectivity index (χ1) is 6.08. The number of rotatable bonds is 3. The lowest BCUT2D eigenvalue weighted by Crippen LogP contribution is -2.04. The van der Waals surface area contributed by atoms with Gasteiger partial charge in [0.1, 0.15) is 6.61 Å². The average Bonchev–Trinajstić information content (AvgIpc) is 2.15. The van der Waals surface area contributed by atoms with Gasteiger partial charge in [-0.25, -0.2) is 9.59 Å². The number of ether oxygens (including phenoxy) is 2. The number of aliphatic hydroxyl groups is 1. The Balaban J connectivity index is 0. The molecular formula is C7H12O6. The zero-order chi connectivity index (χ0) is 10.7. The molecule has 0 radical (unpaired) electrons. The van der Waals surface area contributed by atoms with Crippen LogP contribution < -0.4 is 0 Å². The topological polar surface area (TPSA) is 93.1 Å². The van der Waals surface area contributed by atoms with Crippen LogP contribution in [-0.2, 0) is 14.3 Å². The predicted molar refractivity (Wildman–Crippen MR) is 43.3 cm³/mol. The minimum atomic E-state index is -1.25. The summed E-state index contributed by atoms with van der Waals surface area (Å²) in [6.45, 7) is 3.06. The molecule has 0 saturated carbocycles. The molecule has 0 aromatic rings.